The van der Waals surface area contributed by atoms with Crippen LogP contribution in [0.2, 0.25) is 0 Å². The first-order valence-electron chi connectivity index (χ1n) is 6.31. The van der Waals surface area contributed by atoms with Gasteiger partial charge in [-0.15, -0.1) is 16.7 Å². The summed E-state index contributed by atoms with van der Waals surface area (Å²) in [6.07, 6.45) is 10.7. The van der Waals surface area contributed by atoms with Crippen LogP contribution in [0.5, 0.6) is 0 Å². The molecular formula is C12H22ClN3. The van der Waals surface area contributed by atoms with Crippen molar-refractivity contribution in [3.63, 3.8) is 0 Å². The molecule has 0 spiro atoms. The fraction of sp³-hybridized carbons (Fsp3) is 0.833. The van der Waals surface area contributed by atoms with Crippen molar-refractivity contribution >= 4 is 11.6 Å². The van der Waals surface area contributed by atoms with E-state index in [1.807, 2.05) is 10.9 Å². The fourth-order valence-corrected chi connectivity index (χ4v) is 1.91. The average molecular weight is 244 g/mol. The molecule has 0 aliphatic rings. The molecule has 1 aromatic heterocycles. The number of hydrogen-bond donors (Lipinski definition) is 0. The molecule has 16 heavy (non-hydrogen) atoms. The van der Waals surface area contributed by atoms with E-state index in [1.165, 1.54) is 38.5 Å². The van der Waals surface area contributed by atoms with Crippen LogP contribution in [0.15, 0.2) is 6.20 Å². The quantitative estimate of drug-likeness (QED) is 0.492. The predicted octanol–water partition coefficient (Wildman–Crippen LogP) is 3.42. The molecule has 1 heterocycles. The van der Waals surface area contributed by atoms with Crippen molar-refractivity contribution in [1.29, 1.82) is 0 Å². The van der Waals surface area contributed by atoms with Gasteiger partial charge in [-0.1, -0.05) is 44.2 Å². The van der Waals surface area contributed by atoms with Crippen LogP contribution in [0.25, 0.3) is 0 Å². The van der Waals surface area contributed by atoms with Crippen LogP contribution in [-0.4, -0.2) is 20.9 Å². The molecular weight excluding hydrogens is 222 g/mol. The van der Waals surface area contributed by atoms with E-state index < -0.39 is 0 Å². The molecule has 0 N–H and O–H groups in total. The van der Waals surface area contributed by atoms with E-state index in [1.54, 1.807) is 0 Å². The first kappa shape index (κ1) is 13.5. The zero-order valence-electron chi connectivity index (χ0n) is 10.2. The van der Waals surface area contributed by atoms with Crippen molar-refractivity contribution < 1.29 is 0 Å². The second-order valence-electron chi connectivity index (χ2n) is 4.18. The molecule has 4 heteroatoms. The molecule has 0 atom stereocenters. The standard InChI is InChI=1S/C12H22ClN3/c1-2-3-4-5-6-7-10-16-11-12(8-9-13)14-15-16/h11H,2-10H2,1H3. The lowest BCUT2D eigenvalue weighted by Crippen LogP contribution is -1.98. The summed E-state index contributed by atoms with van der Waals surface area (Å²) < 4.78 is 1.93. The smallest absolute Gasteiger partial charge is 0.0839 e. The van der Waals surface area contributed by atoms with Crippen molar-refractivity contribution in [2.45, 2.75) is 58.4 Å². The Morgan fingerprint density at radius 1 is 1.19 bits per heavy atom. The van der Waals surface area contributed by atoms with Gasteiger partial charge in [0.15, 0.2) is 0 Å². The van der Waals surface area contributed by atoms with Crippen molar-refractivity contribution in [1.82, 2.24) is 15.0 Å². The fourth-order valence-electron chi connectivity index (χ4n) is 1.71. The minimum absolute atomic E-state index is 0.621. The molecule has 0 saturated carbocycles. The van der Waals surface area contributed by atoms with Crippen LogP contribution >= 0.6 is 11.6 Å². The first-order valence-corrected chi connectivity index (χ1v) is 6.85. The van der Waals surface area contributed by atoms with Gasteiger partial charge in [0.2, 0.25) is 0 Å². The summed E-state index contributed by atoms with van der Waals surface area (Å²) in [5, 5.41) is 8.14. The molecule has 0 amide bonds. The number of halogens is 1. The highest BCUT2D eigenvalue weighted by Crippen LogP contribution is 2.06. The normalized spacial score (nSPS) is 10.9. The van der Waals surface area contributed by atoms with Gasteiger partial charge in [0.1, 0.15) is 0 Å². The zero-order chi connectivity index (χ0) is 11.6. The summed E-state index contributed by atoms with van der Waals surface area (Å²) >= 11 is 5.64. The largest absolute Gasteiger partial charge is 0.252 e. The highest BCUT2D eigenvalue weighted by molar-refractivity contribution is 6.17. The maximum absolute atomic E-state index is 5.64. The third kappa shape index (κ3) is 5.50. The monoisotopic (exact) mass is 243 g/mol. The Balaban J connectivity index is 2.07. The second-order valence-corrected chi connectivity index (χ2v) is 4.56. The Labute approximate surface area is 103 Å². The highest BCUT2D eigenvalue weighted by atomic mass is 35.5. The number of aromatic nitrogens is 3. The number of aryl methyl sites for hydroxylation is 2. The maximum Gasteiger partial charge on any atom is 0.0839 e. The van der Waals surface area contributed by atoms with Crippen LogP contribution in [0.1, 0.15) is 51.1 Å². The van der Waals surface area contributed by atoms with Gasteiger partial charge in [0, 0.05) is 25.0 Å². The van der Waals surface area contributed by atoms with Crippen molar-refractivity contribution in [2.24, 2.45) is 0 Å². The molecule has 0 aromatic carbocycles. The van der Waals surface area contributed by atoms with Gasteiger partial charge in [-0.05, 0) is 6.42 Å². The lowest BCUT2D eigenvalue weighted by Gasteiger charge is -2.00. The first-order chi connectivity index (χ1) is 7.86. The lowest BCUT2D eigenvalue weighted by atomic mass is 10.1. The van der Waals surface area contributed by atoms with E-state index in [0.717, 1.165) is 18.7 Å². The molecule has 0 aliphatic heterocycles. The Morgan fingerprint density at radius 3 is 2.69 bits per heavy atom. The molecule has 0 unspecified atom stereocenters. The summed E-state index contributed by atoms with van der Waals surface area (Å²) in [7, 11) is 0. The highest BCUT2D eigenvalue weighted by Gasteiger charge is 1.99. The number of unbranched alkanes of at least 4 members (excludes halogenated alkanes) is 5. The Morgan fingerprint density at radius 2 is 1.94 bits per heavy atom. The van der Waals surface area contributed by atoms with E-state index in [0.29, 0.717) is 5.88 Å². The summed E-state index contributed by atoms with van der Waals surface area (Å²) in [6, 6.07) is 0. The van der Waals surface area contributed by atoms with E-state index in [9.17, 15) is 0 Å². The number of rotatable bonds is 9. The Hall–Kier alpha value is -0.570. The minimum atomic E-state index is 0.621. The molecule has 3 nitrogen and oxygen atoms in total. The summed E-state index contributed by atoms with van der Waals surface area (Å²) in [5.74, 6) is 0.621. The van der Waals surface area contributed by atoms with Gasteiger partial charge < -0.3 is 0 Å². The van der Waals surface area contributed by atoms with Gasteiger partial charge in [-0.2, -0.15) is 0 Å². The second kappa shape index (κ2) is 8.57. The average Bonchev–Trinajstić information content (AvgIpc) is 2.72. The van der Waals surface area contributed by atoms with Crippen LogP contribution < -0.4 is 0 Å². The molecule has 0 fully saturated rings. The lowest BCUT2D eigenvalue weighted by molar-refractivity contribution is 0.516. The molecule has 0 saturated heterocycles. The van der Waals surface area contributed by atoms with E-state index in [4.69, 9.17) is 11.6 Å². The SMILES string of the molecule is CCCCCCCCn1cc(CCCl)nn1. The molecule has 0 radical (unpaired) electrons. The van der Waals surface area contributed by atoms with Crippen LogP contribution in [0.3, 0.4) is 0 Å². The van der Waals surface area contributed by atoms with Gasteiger partial charge in [-0.25, -0.2) is 0 Å². The summed E-state index contributed by atoms with van der Waals surface area (Å²) in [5.41, 5.74) is 1.00. The maximum atomic E-state index is 5.64. The van der Waals surface area contributed by atoms with Gasteiger partial charge in [-0.3, -0.25) is 4.68 Å². The van der Waals surface area contributed by atoms with Crippen molar-refractivity contribution in [3.8, 4) is 0 Å². The molecule has 1 rings (SSSR count). The van der Waals surface area contributed by atoms with E-state index >= 15 is 0 Å². The molecule has 92 valence electrons. The minimum Gasteiger partial charge on any atom is -0.252 e. The number of nitrogens with zero attached hydrogens (tertiary/aromatic N) is 3. The van der Waals surface area contributed by atoms with Crippen LogP contribution in [-0.2, 0) is 13.0 Å². The summed E-state index contributed by atoms with van der Waals surface area (Å²) in [4.78, 5) is 0. The summed E-state index contributed by atoms with van der Waals surface area (Å²) in [6.45, 7) is 3.23. The zero-order valence-corrected chi connectivity index (χ0v) is 10.9. The molecule has 0 bridgehead atoms. The molecule has 0 aliphatic carbocycles. The van der Waals surface area contributed by atoms with Crippen molar-refractivity contribution in [3.05, 3.63) is 11.9 Å². The van der Waals surface area contributed by atoms with Gasteiger partial charge >= 0.3 is 0 Å². The molecule has 1 aromatic rings. The van der Waals surface area contributed by atoms with E-state index in [2.05, 4.69) is 17.2 Å². The van der Waals surface area contributed by atoms with Gasteiger partial charge in [0.25, 0.3) is 0 Å². The number of hydrogen-bond acceptors (Lipinski definition) is 2. The third-order valence-corrected chi connectivity index (χ3v) is 2.87. The van der Waals surface area contributed by atoms with Crippen LogP contribution in [0, 0.1) is 0 Å². The third-order valence-electron chi connectivity index (χ3n) is 2.68. The topological polar surface area (TPSA) is 30.7 Å². The van der Waals surface area contributed by atoms with Gasteiger partial charge in [0.05, 0.1) is 5.69 Å². The van der Waals surface area contributed by atoms with E-state index in [-0.39, 0.29) is 0 Å². The predicted molar refractivity (Wildman–Crippen MR) is 67.8 cm³/mol. The van der Waals surface area contributed by atoms with Crippen molar-refractivity contribution in [2.75, 3.05) is 5.88 Å². The Bertz CT molecular complexity index is 273. The number of alkyl halides is 1. The van der Waals surface area contributed by atoms with Crippen LogP contribution in [0.4, 0.5) is 0 Å². The Kier molecular flexibility index (Phi) is 7.23.